The van der Waals surface area contributed by atoms with Gasteiger partial charge >= 0.3 is 0 Å². The minimum Gasteiger partial charge on any atom is -0.373 e. The molecule has 0 saturated carbocycles. The van der Waals surface area contributed by atoms with Crippen molar-refractivity contribution in [3.63, 3.8) is 0 Å². The second kappa shape index (κ2) is 5.40. The average molecular weight is 286 g/mol. The van der Waals surface area contributed by atoms with Crippen LogP contribution in [0.25, 0.3) is 0 Å². The highest BCUT2D eigenvalue weighted by atomic mass is 16.5. The predicted octanol–water partition coefficient (Wildman–Crippen LogP) is 0.462. The quantitative estimate of drug-likeness (QED) is 0.816. The maximum atomic E-state index is 5.85. The van der Waals surface area contributed by atoms with Crippen molar-refractivity contribution in [3.05, 3.63) is 30.2 Å². The summed E-state index contributed by atoms with van der Waals surface area (Å²) in [6, 6.07) is 0. The summed E-state index contributed by atoms with van der Waals surface area (Å²) >= 11 is 0. The lowest BCUT2D eigenvalue weighted by atomic mass is 10.2. The smallest absolute Gasteiger partial charge is 0.137 e. The van der Waals surface area contributed by atoms with Crippen LogP contribution in [0.5, 0.6) is 0 Å². The Morgan fingerprint density at radius 1 is 1.24 bits per heavy atom. The number of fused-ring (bicyclic) bond motifs is 1. The summed E-state index contributed by atoms with van der Waals surface area (Å²) in [5.41, 5.74) is 2.55. The number of nitrogens with zero attached hydrogens (tertiary/aromatic N) is 6. The molecule has 3 heterocycles. The number of hydrogen-bond donors (Lipinski definition) is 0. The molecule has 1 fully saturated rings. The molecule has 0 amide bonds. The van der Waals surface area contributed by atoms with E-state index >= 15 is 0 Å². The summed E-state index contributed by atoms with van der Waals surface area (Å²) in [5, 5.41) is 4.15. The Bertz CT molecular complexity index is 614. The first kappa shape index (κ1) is 12.7. The van der Waals surface area contributed by atoms with E-state index < -0.39 is 0 Å². The lowest BCUT2D eigenvalue weighted by Gasteiger charge is -2.34. The van der Waals surface area contributed by atoms with Gasteiger partial charge in [-0.3, -0.25) is 4.68 Å². The van der Waals surface area contributed by atoms with E-state index in [0.717, 1.165) is 44.9 Å². The summed E-state index contributed by atoms with van der Waals surface area (Å²) < 4.78 is 7.67. The van der Waals surface area contributed by atoms with Crippen molar-refractivity contribution >= 4 is 5.82 Å². The maximum absolute atomic E-state index is 5.85. The lowest BCUT2D eigenvalue weighted by molar-refractivity contribution is 0.0270. The standard InChI is InChI=1S/C14H18N6O/c1-2-12-13(3-1)16-9-17-14(12)19-4-5-21-11(6-19)7-20-10-15-8-18-20/h8-11H,1-7H2/t11-/m0/s1. The van der Waals surface area contributed by atoms with Crippen molar-refractivity contribution in [2.24, 2.45) is 0 Å². The van der Waals surface area contributed by atoms with E-state index in [9.17, 15) is 0 Å². The third-order valence-corrected chi connectivity index (χ3v) is 4.15. The lowest BCUT2D eigenvalue weighted by Crippen LogP contribution is -2.45. The van der Waals surface area contributed by atoms with E-state index in [0.29, 0.717) is 0 Å². The van der Waals surface area contributed by atoms with Gasteiger partial charge in [0, 0.05) is 24.3 Å². The van der Waals surface area contributed by atoms with E-state index in [1.54, 1.807) is 19.0 Å². The van der Waals surface area contributed by atoms with Crippen molar-refractivity contribution in [3.8, 4) is 0 Å². The zero-order valence-electron chi connectivity index (χ0n) is 11.9. The molecule has 110 valence electrons. The van der Waals surface area contributed by atoms with Crippen LogP contribution in [0.2, 0.25) is 0 Å². The summed E-state index contributed by atoms with van der Waals surface area (Å²) in [6.45, 7) is 3.17. The van der Waals surface area contributed by atoms with E-state index in [4.69, 9.17) is 4.74 Å². The van der Waals surface area contributed by atoms with Crippen LogP contribution >= 0.6 is 0 Å². The molecule has 0 N–H and O–H groups in total. The first-order chi connectivity index (χ1) is 10.4. The molecule has 7 nitrogen and oxygen atoms in total. The van der Waals surface area contributed by atoms with Crippen LogP contribution in [0.4, 0.5) is 5.82 Å². The van der Waals surface area contributed by atoms with Gasteiger partial charge in [-0.2, -0.15) is 5.10 Å². The first-order valence-corrected chi connectivity index (χ1v) is 7.42. The Balaban J connectivity index is 1.52. The van der Waals surface area contributed by atoms with E-state index in [1.807, 2.05) is 4.68 Å². The number of ether oxygens (including phenoxy) is 1. The molecule has 1 aliphatic carbocycles. The summed E-state index contributed by atoms with van der Waals surface area (Å²) in [4.78, 5) is 15.2. The van der Waals surface area contributed by atoms with Crippen LogP contribution in [-0.4, -0.2) is 50.5 Å². The van der Waals surface area contributed by atoms with Gasteiger partial charge in [0.25, 0.3) is 0 Å². The second-order valence-corrected chi connectivity index (χ2v) is 5.53. The van der Waals surface area contributed by atoms with Gasteiger partial charge in [-0.1, -0.05) is 0 Å². The van der Waals surface area contributed by atoms with Gasteiger partial charge in [-0.15, -0.1) is 0 Å². The summed E-state index contributed by atoms with van der Waals surface area (Å²) in [6.07, 6.45) is 8.46. The highest BCUT2D eigenvalue weighted by Crippen LogP contribution is 2.28. The highest BCUT2D eigenvalue weighted by molar-refractivity contribution is 5.50. The highest BCUT2D eigenvalue weighted by Gasteiger charge is 2.26. The second-order valence-electron chi connectivity index (χ2n) is 5.53. The van der Waals surface area contributed by atoms with Crippen molar-refractivity contribution in [1.29, 1.82) is 0 Å². The number of morpholine rings is 1. The Morgan fingerprint density at radius 2 is 2.24 bits per heavy atom. The third-order valence-electron chi connectivity index (χ3n) is 4.15. The fourth-order valence-electron chi connectivity index (χ4n) is 3.17. The van der Waals surface area contributed by atoms with Crippen LogP contribution < -0.4 is 4.90 Å². The molecule has 0 spiro atoms. The molecule has 4 rings (SSSR count). The van der Waals surface area contributed by atoms with Crippen molar-refractivity contribution in [2.75, 3.05) is 24.6 Å². The Kier molecular flexibility index (Phi) is 3.27. The monoisotopic (exact) mass is 286 g/mol. The molecule has 1 atom stereocenters. The van der Waals surface area contributed by atoms with Crippen LogP contribution in [0.15, 0.2) is 19.0 Å². The maximum Gasteiger partial charge on any atom is 0.137 e. The van der Waals surface area contributed by atoms with Crippen molar-refractivity contribution in [1.82, 2.24) is 24.7 Å². The van der Waals surface area contributed by atoms with E-state index in [-0.39, 0.29) is 6.10 Å². The van der Waals surface area contributed by atoms with Crippen LogP contribution in [-0.2, 0) is 24.1 Å². The molecule has 2 aromatic rings. The fraction of sp³-hybridized carbons (Fsp3) is 0.571. The molecule has 2 aromatic heterocycles. The normalized spacial score (nSPS) is 21.5. The third kappa shape index (κ3) is 2.49. The fourth-order valence-corrected chi connectivity index (χ4v) is 3.17. The van der Waals surface area contributed by atoms with Crippen LogP contribution in [0.3, 0.4) is 0 Å². The molecular formula is C14H18N6O. The molecule has 7 heteroatoms. The molecular weight excluding hydrogens is 268 g/mol. The number of anilines is 1. The number of hydrogen-bond acceptors (Lipinski definition) is 6. The minimum atomic E-state index is 0.118. The van der Waals surface area contributed by atoms with E-state index in [1.165, 1.54) is 17.7 Å². The van der Waals surface area contributed by atoms with Gasteiger partial charge in [-0.25, -0.2) is 15.0 Å². The largest absolute Gasteiger partial charge is 0.373 e. The van der Waals surface area contributed by atoms with Gasteiger partial charge < -0.3 is 9.64 Å². The molecule has 0 aromatic carbocycles. The van der Waals surface area contributed by atoms with Gasteiger partial charge in [0.2, 0.25) is 0 Å². The number of aromatic nitrogens is 5. The molecule has 21 heavy (non-hydrogen) atoms. The molecule has 1 aliphatic heterocycles. The van der Waals surface area contributed by atoms with Gasteiger partial charge in [0.05, 0.1) is 19.3 Å². The Hall–Kier alpha value is -2.02. The van der Waals surface area contributed by atoms with Crippen molar-refractivity contribution < 1.29 is 4.74 Å². The summed E-state index contributed by atoms with van der Waals surface area (Å²) in [7, 11) is 0. The topological polar surface area (TPSA) is 69.0 Å². The van der Waals surface area contributed by atoms with Crippen LogP contribution in [0.1, 0.15) is 17.7 Å². The molecule has 2 aliphatic rings. The van der Waals surface area contributed by atoms with Gasteiger partial charge in [-0.05, 0) is 19.3 Å². The SMILES string of the molecule is c1nc2c(c(N3CCO[C@H](Cn4cncn4)C3)n1)CCC2. The van der Waals surface area contributed by atoms with Crippen LogP contribution in [0, 0.1) is 0 Å². The predicted molar refractivity (Wildman–Crippen MR) is 76.0 cm³/mol. The minimum absolute atomic E-state index is 0.118. The molecule has 0 radical (unpaired) electrons. The Labute approximate surface area is 123 Å². The molecule has 0 bridgehead atoms. The number of aryl methyl sites for hydroxylation is 1. The summed E-state index contributed by atoms with van der Waals surface area (Å²) in [5.74, 6) is 1.10. The number of rotatable bonds is 3. The average Bonchev–Trinajstić information content (AvgIpc) is 3.18. The Morgan fingerprint density at radius 3 is 3.14 bits per heavy atom. The molecule has 0 unspecified atom stereocenters. The van der Waals surface area contributed by atoms with Gasteiger partial charge in [0.1, 0.15) is 24.8 Å². The zero-order valence-corrected chi connectivity index (χ0v) is 11.9. The first-order valence-electron chi connectivity index (χ1n) is 7.42. The molecule has 1 saturated heterocycles. The van der Waals surface area contributed by atoms with Gasteiger partial charge in [0.15, 0.2) is 0 Å². The zero-order chi connectivity index (χ0) is 14.1. The van der Waals surface area contributed by atoms with E-state index in [2.05, 4.69) is 25.0 Å². The van der Waals surface area contributed by atoms with Crippen molar-refractivity contribution in [2.45, 2.75) is 31.9 Å².